The summed E-state index contributed by atoms with van der Waals surface area (Å²) in [5, 5.41) is 0. The number of aromatic nitrogens is 1. The number of nitrogens with zero attached hydrogens (tertiary/aromatic N) is 1. The van der Waals surface area contributed by atoms with Gasteiger partial charge in [0.05, 0.1) is 5.69 Å². The number of pyridine rings is 1. The van der Waals surface area contributed by atoms with E-state index < -0.39 is 0 Å². The molecule has 144 valence electrons. The van der Waals surface area contributed by atoms with Gasteiger partial charge in [0, 0.05) is 22.4 Å². The highest BCUT2D eigenvalue weighted by Gasteiger charge is 2.23. The summed E-state index contributed by atoms with van der Waals surface area (Å²) in [6.07, 6.45) is 0. The van der Waals surface area contributed by atoms with E-state index in [1.165, 1.54) is 0 Å². The second-order valence-corrected chi connectivity index (χ2v) is 7.59. The summed E-state index contributed by atoms with van der Waals surface area (Å²) in [5.74, 6) is -0.175. The van der Waals surface area contributed by atoms with Crippen LogP contribution in [-0.4, -0.2) is 4.98 Å². The lowest BCUT2D eigenvalue weighted by Gasteiger charge is -2.21. The maximum atomic E-state index is 16.0. The normalized spacial score (nSPS) is 10.9. The molecule has 3 aromatic carbocycles. The lowest BCUT2D eigenvalue weighted by Crippen LogP contribution is -2.03. The van der Waals surface area contributed by atoms with Crippen LogP contribution in [0.1, 0.15) is 22.4 Å². The van der Waals surface area contributed by atoms with Crippen LogP contribution in [0.25, 0.3) is 33.5 Å². The average Bonchev–Trinajstić information content (AvgIpc) is 2.69. The minimum absolute atomic E-state index is 0.175. The van der Waals surface area contributed by atoms with Crippen LogP contribution in [0.3, 0.4) is 0 Å². The molecule has 0 spiro atoms. The predicted octanol–water partition coefficient (Wildman–Crippen LogP) is 7.46. The number of benzene rings is 3. The topological polar surface area (TPSA) is 12.9 Å². The maximum absolute atomic E-state index is 16.0. The summed E-state index contributed by atoms with van der Waals surface area (Å²) in [6, 6.07) is 23.7. The van der Waals surface area contributed by atoms with Crippen LogP contribution < -0.4 is 0 Å². The van der Waals surface area contributed by atoms with Crippen LogP contribution in [0, 0.1) is 33.5 Å². The molecular weight excluding hydrogens is 357 g/mol. The van der Waals surface area contributed by atoms with Crippen LogP contribution in [0.5, 0.6) is 0 Å². The molecule has 0 aliphatic carbocycles. The van der Waals surface area contributed by atoms with Crippen LogP contribution in [0.2, 0.25) is 0 Å². The van der Waals surface area contributed by atoms with Gasteiger partial charge in [-0.2, -0.15) is 0 Å². The summed E-state index contributed by atoms with van der Waals surface area (Å²) < 4.78 is 16.0. The zero-order chi connectivity index (χ0) is 20.5. The molecule has 0 N–H and O–H groups in total. The summed E-state index contributed by atoms with van der Waals surface area (Å²) in [7, 11) is 0. The van der Waals surface area contributed by atoms with Crippen molar-refractivity contribution in [2.24, 2.45) is 0 Å². The van der Waals surface area contributed by atoms with Gasteiger partial charge in [-0.05, 0) is 67.6 Å². The summed E-state index contributed by atoms with van der Waals surface area (Å²) in [5.41, 5.74) is 8.91. The van der Waals surface area contributed by atoms with E-state index in [0.717, 1.165) is 44.8 Å². The quantitative estimate of drug-likeness (QED) is 0.359. The van der Waals surface area contributed by atoms with Crippen molar-refractivity contribution in [3.8, 4) is 33.5 Å². The third-order valence-electron chi connectivity index (χ3n) is 5.42. The molecule has 0 radical (unpaired) electrons. The van der Waals surface area contributed by atoms with Crippen molar-refractivity contribution >= 4 is 0 Å². The molecule has 0 saturated carbocycles. The summed E-state index contributed by atoms with van der Waals surface area (Å²) >= 11 is 0. The van der Waals surface area contributed by atoms with E-state index in [9.17, 15) is 0 Å². The van der Waals surface area contributed by atoms with Crippen molar-refractivity contribution in [1.29, 1.82) is 0 Å². The second kappa shape index (κ2) is 7.63. The van der Waals surface area contributed by atoms with E-state index in [4.69, 9.17) is 4.98 Å². The fourth-order valence-corrected chi connectivity index (χ4v) is 4.24. The first-order valence-electron chi connectivity index (χ1n) is 9.86. The molecule has 29 heavy (non-hydrogen) atoms. The third kappa shape index (κ3) is 3.47. The molecule has 4 rings (SSSR count). The molecule has 1 nitrogen and oxygen atoms in total. The minimum Gasteiger partial charge on any atom is -0.253 e. The van der Waals surface area contributed by atoms with E-state index in [1.807, 2.05) is 81.4 Å². The van der Waals surface area contributed by atoms with Crippen LogP contribution in [0.15, 0.2) is 72.8 Å². The van der Waals surface area contributed by atoms with Gasteiger partial charge >= 0.3 is 0 Å². The standard InChI is InChI=1S/C27H24FN/c1-17-15-18(2)29-23(16-17)24-19(3)25(21-11-7-5-8-12-21)27(28)26(20(24)4)22-13-9-6-10-14-22/h5-16H,1-4H3. The Morgan fingerprint density at radius 3 is 1.55 bits per heavy atom. The van der Waals surface area contributed by atoms with Crippen LogP contribution in [0.4, 0.5) is 4.39 Å². The van der Waals surface area contributed by atoms with Crippen molar-refractivity contribution in [2.75, 3.05) is 0 Å². The molecule has 2 heteroatoms. The molecule has 0 saturated heterocycles. The second-order valence-electron chi connectivity index (χ2n) is 7.59. The van der Waals surface area contributed by atoms with E-state index in [-0.39, 0.29) is 5.82 Å². The number of hydrogen-bond donors (Lipinski definition) is 0. The Bertz CT molecular complexity index is 1090. The number of halogens is 1. The molecule has 0 unspecified atom stereocenters. The van der Waals surface area contributed by atoms with Gasteiger partial charge in [0.15, 0.2) is 0 Å². The van der Waals surface area contributed by atoms with Gasteiger partial charge in [-0.3, -0.25) is 4.98 Å². The third-order valence-corrected chi connectivity index (χ3v) is 5.42. The van der Waals surface area contributed by atoms with Crippen molar-refractivity contribution in [2.45, 2.75) is 27.7 Å². The van der Waals surface area contributed by atoms with Gasteiger partial charge in [0.25, 0.3) is 0 Å². The number of rotatable bonds is 3. The molecule has 4 aromatic rings. The molecule has 0 amide bonds. The number of hydrogen-bond acceptors (Lipinski definition) is 1. The Kier molecular flexibility index (Phi) is 5.02. The molecule has 1 aromatic heterocycles. The van der Waals surface area contributed by atoms with Crippen molar-refractivity contribution in [1.82, 2.24) is 4.98 Å². The first kappa shape index (κ1) is 19.1. The fourth-order valence-electron chi connectivity index (χ4n) is 4.24. The molecule has 0 atom stereocenters. The van der Waals surface area contributed by atoms with E-state index in [1.54, 1.807) is 0 Å². The largest absolute Gasteiger partial charge is 0.253 e. The Morgan fingerprint density at radius 2 is 1.10 bits per heavy atom. The van der Waals surface area contributed by atoms with E-state index in [0.29, 0.717) is 11.1 Å². The monoisotopic (exact) mass is 381 g/mol. The Balaban J connectivity index is 2.13. The van der Waals surface area contributed by atoms with Crippen molar-refractivity contribution in [3.05, 3.63) is 101 Å². The van der Waals surface area contributed by atoms with Crippen LogP contribution in [-0.2, 0) is 0 Å². The first-order valence-corrected chi connectivity index (χ1v) is 9.86. The summed E-state index contributed by atoms with van der Waals surface area (Å²) in [6.45, 7) is 8.08. The van der Waals surface area contributed by atoms with Crippen LogP contribution >= 0.6 is 0 Å². The predicted molar refractivity (Wildman–Crippen MR) is 119 cm³/mol. The van der Waals surface area contributed by atoms with Gasteiger partial charge in [-0.15, -0.1) is 0 Å². The highest BCUT2D eigenvalue weighted by molar-refractivity contribution is 5.88. The molecule has 0 bridgehead atoms. The smallest absolute Gasteiger partial charge is 0.139 e. The minimum atomic E-state index is -0.175. The molecule has 0 aliphatic rings. The molecule has 0 aliphatic heterocycles. The Hall–Kier alpha value is -3.26. The average molecular weight is 381 g/mol. The molecular formula is C27H24FN. The Labute approximate surface area is 171 Å². The van der Waals surface area contributed by atoms with Gasteiger partial charge in [-0.1, -0.05) is 60.7 Å². The maximum Gasteiger partial charge on any atom is 0.139 e. The van der Waals surface area contributed by atoms with Gasteiger partial charge < -0.3 is 0 Å². The van der Waals surface area contributed by atoms with Gasteiger partial charge in [-0.25, -0.2) is 4.39 Å². The SMILES string of the molecule is Cc1cc(C)nc(-c2c(C)c(-c3ccccc3)c(F)c(-c3ccccc3)c2C)c1. The lowest BCUT2D eigenvalue weighted by molar-refractivity contribution is 0.633. The van der Waals surface area contributed by atoms with Gasteiger partial charge in [0.1, 0.15) is 5.82 Å². The highest BCUT2D eigenvalue weighted by atomic mass is 19.1. The van der Waals surface area contributed by atoms with Crippen molar-refractivity contribution in [3.63, 3.8) is 0 Å². The zero-order valence-electron chi connectivity index (χ0n) is 17.3. The lowest BCUT2D eigenvalue weighted by atomic mass is 9.85. The molecule has 0 fully saturated rings. The number of aryl methyl sites for hydroxylation is 2. The fraction of sp³-hybridized carbons (Fsp3) is 0.148. The first-order chi connectivity index (χ1) is 14.0. The van der Waals surface area contributed by atoms with Crippen molar-refractivity contribution < 1.29 is 4.39 Å². The van der Waals surface area contributed by atoms with E-state index >= 15 is 4.39 Å². The molecule has 1 heterocycles. The van der Waals surface area contributed by atoms with E-state index in [2.05, 4.69) is 19.1 Å². The summed E-state index contributed by atoms with van der Waals surface area (Å²) in [4.78, 5) is 4.80. The highest BCUT2D eigenvalue weighted by Crippen LogP contribution is 2.42. The zero-order valence-corrected chi connectivity index (χ0v) is 17.3. The Morgan fingerprint density at radius 1 is 0.621 bits per heavy atom. The van der Waals surface area contributed by atoms with Gasteiger partial charge in [0.2, 0.25) is 0 Å².